The number of nitrogens with zero attached hydrogens (tertiary/aromatic N) is 3. The van der Waals surface area contributed by atoms with E-state index in [2.05, 4.69) is 15.3 Å². The van der Waals surface area contributed by atoms with E-state index >= 15 is 0 Å². The lowest BCUT2D eigenvalue weighted by atomic mass is 10.0. The van der Waals surface area contributed by atoms with Crippen molar-refractivity contribution in [3.63, 3.8) is 0 Å². The van der Waals surface area contributed by atoms with Crippen LogP contribution in [0.5, 0.6) is 0 Å². The van der Waals surface area contributed by atoms with Gasteiger partial charge in [0.25, 0.3) is 0 Å². The Hall–Kier alpha value is -3.68. The lowest BCUT2D eigenvalue weighted by Gasteiger charge is -2.07. The van der Waals surface area contributed by atoms with E-state index in [4.69, 9.17) is 0 Å². The second-order valence-corrected chi connectivity index (χ2v) is 8.47. The van der Waals surface area contributed by atoms with Gasteiger partial charge in [0.1, 0.15) is 5.82 Å². The van der Waals surface area contributed by atoms with Gasteiger partial charge in [-0.3, -0.25) is 19.2 Å². The molecule has 0 saturated carbocycles. The molecule has 0 atom stereocenters. The van der Waals surface area contributed by atoms with Crippen LogP contribution >= 0.6 is 0 Å². The number of carbonyl (C=O) groups is 1. The van der Waals surface area contributed by atoms with Crippen LogP contribution in [0.3, 0.4) is 0 Å². The van der Waals surface area contributed by atoms with Gasteiger partial charge in [-0.2, -0.15) is 0 Å². The van der Waals surface area contributed by atoms with Crippen molar-refractivity contribution >= 4 is 22.9 Å². The molecule has 2 aromatic heterocycles. The van der Waals surface area contributed by atoms with Gasteiger partial charge in [-0.25, -0.2) is 14.2 Å². The molecule has 0 saturated heterocycles. The number of aromatic amines is 1. The number of nitrogens with one attached hydrogen (secondary N) is 2. The van der Waals surface area contributed by atoms with Crippen molar-refractivity contribution in [1.82, 2.24) is 19.1 Å². The number of hydrogen-bond acceptors (Lipinski definition) is 3. The first kappa shape index (κ1) is 21.5. The molecule has 1 amide bonds. The first-order valence-electron chi connectivity index (χ1n) is 10.6. The Morgan fingerprint density at radius 1 is 1.03 bits per heavy atom. The predicted molar refractivity (Wildman–Crippen MR) is 124 cm³/mol. The monoisotopic (exact) mass is 435 g/mol. The molecule has 0 aliphatic carbocycles. The summed E-state index contributed by atoms with van der Waals surface area (Å²) in [6, 6.07) is 11.8. The second kappa shape index (κ2) is 8.11. The van der Waals surface area contributed by atoms with Crippen molar-refractivity contribution in [2.45, 2.75) is 33.7 Å². The zero-order valence-electron chi connectivity index (χ0n) is 18.7. The highest BCUT2D eigenvalue weighted by Crippen LogP contribution is 2.33. The third kappa shape index (κ3) is 3.72. The molecule has 4 rings (SSSR count). The fraction of sp³-hybridized carbons (Fsp3) is 0.292. The number of H-pyrrole nitrogens is 1. The number of aromatic nitrogens is 4. The summed E-state index contributed by atoms with van der Waals surface area (Å²) in [6.07, 6.45) is 0. The molecule has 0 spiro atoms. The van der Waals surface area contributed by atoms with Crippen molar-refractivity contribution in [3.8, 4) is 22.5 Å². The molecule has 7 nitrogen and oxygen atoms in total. The number of hydrogen-bond donors (Lipinski definition) is 2. The Bertz CT molecular complexity index is 1360. The maximum Gasteiger partial charge on any atom is 0.329 e. The Morgan fingerprint density at radius 2 is 1.69 bits per heavy atom. The summed E-state index contributed by atoms with van der Waals surface area (Å²) in [5.74, 6) is -0.399. The summed E-state index contributed by atoms with van der Waals surface area (Å²) in [6.45, 7) is 7.54. The number of fused-ring (bicyclic) bond motifs is 1. The van der Waals surface area contributed by atoms with Crippen LogP contribution in [0.25, 0.3) is 33.5 Å². The molecule has 32 heavy (non-hydrogen) atoms. The molecule has 8 heteroatoms. The molecule has 166 valence electrons. The van der Waals surface area contributed by atoms with Gasteiger partial charge in [-0.15, -0.1) is 0 Å². The van der Waals surface area contributed by atoms with E-state index in [1.54, 1.807) is 42.2 Å². The van der Waals surface area contributed by atoms with Gasteiger partial charge in [-0.1, -0.05) is 19.9 Å². The zero-order chi connectivity index (χ0) is 23.2. The topological polar surface area (TPSA) is 84.7 Å². The van der Waals surface area contributed by atoms with E-state index in [9.17, 15) is 14.0 Å². The van der Waals surface area contributed by atoms with Crippen LogP contribution in [0.1, 0.15) is 33.7 Å². The summed E-state index contributed by atoms with van der Waals surface area (Å²) in [5, 5.41) is 2.79. The molecule has 2 N–H and O–H groups in total. The minimum atomic E-state index is -0.338. The lowest BCUT2D eigenvalue weighted by Crippen LogP contribution is -2.23. The number of amides is 1. The largest absolute Gasteiger partial charge is 0.329 e. The Morgan fingerprint density at radius 3 is 2.31 bits per heavy atom. The first-order chi connectivity index (χ1) is 15.2. The quantitative estimate of drug-likeness (QED) is 0.476. The smallest absolute Gasteiger partial charge is 0.323 e. The highest BCUT2D eigenvalue weighted by Gasteiger charge is 2.19. The van der Waals surface area contributed by atoms with Gasteiger partial charge in [0.15, 0.2) is 0 Å². The highest BCUT2D eigenvalue weighted by atomic mass is 19.1. The summed E-state index contributed by atoms with van der Waals surface area (Å²) in [4.78, 5) is 32.7. The van der Waals surface area contributed by atoms with E-state index in [0.717, 1.165) is 22.2 Å². The van der Waals surface area contributed by atoms with E-state index < -0.39 is 0 Å². The van der Waals surface area contributed by atoms with E-state index in [-0.39, 0.29) is 29.4 Å². The number of aryl methyl sites for hydroxylation is 1. The molecule has 0 aliphatic heterocycles. The normalized spacial score (nSPS) is 11.6. The Labute approximate surface area is 184 Å². The maximum atomic E-state index is 13.5. The average Bonchev–Trinajstić information content (AvgIpc) is 3.27. The molecular weight excluding hydrogens is 409 g/mol. The number of benzene rings is 2. The van der Waals surface area contributed by atoms with Gasteiger partial charge < -0.3 is 4.98 Å². The first-order valence-corrected chi connectivity index (χ1v) is 10.6. The molecule has 0 aliphatic rings. The zero-order valence-corrected chi connectivity index (χ0v) is 18.7. The lowest BCUT2D eigenvalue weighted by molar-refractivity contribution is -0.118. The van der Waals surface area contributed by atoms with Gasteiger partial charge in [0.2, 0.25) is 11.9 Å². The Kier molecular flexibility index (Phi) is 5.46. The SMILES string of the molecule is CC(C)C(=O)Nc1nc(-c2ccc3c(c2)n(C)c(=O)n3C(C)C)c(-c2ccc(F)cc2)[nH]1. The van der Waals surface area contributed by atoms with Crippen LogP contribution in [-0.4, -0.2) is 25.0 Å². The fourth-order valence-electron chi connectivity index (χ4n) is 3.74. The predicted octanol–water partition coefficient (Wildman–Crippen LogP) is 4.71. The van der Waals surface area contributed by atoms with Crippen LogP contribution in [0, 0.1) is 11.7 Å². The van der Waals surface area contributed by atoms with Crippen LogP contribution < -0.4 is 11.0 Å². The van der Waals surface area contributed by atoms with Crippen LogP contribution in [0.4, 0.5) is 10.3 Å². The van der Waals surface area contributed by atoms with Crippen molar-refractivity contribution in [2.24, 2.45) is 13.0 Å². The molecule has 0 unspecified atom stereocenters. The van der Waals surface area contributed by atoms with E-state index in [1.165, 1.54) is 12.1 Å². The maximum absolute atomic E-state index is 13.5. The van der Waals surface area contributed by atoms with Crippen molar-refractivity contribution in [3.05, 3.63) is 58.8 Å². The minimum Gasteiger partial charge on any atom is -0.323 e. The van der Waals surface area contributed by atoms with E-state index in [0.29, 0.717) is 17.3 Å². The standard InChI is InChI=1S/C24H26FN5O2/c1-13(2)22(31)28-23-26-20(15-6-9-17(25)10-7-15)21(27-23)16-8-11-18-19(12-16)29(5)24(32)30(18)14(3)4/h6-14H,1-5H3,(H2,26,27,28,31). The molecule has 2 heterocycles. The third-order valence-electron chi connectivity index (χ3n) is 5.48. The molecule has 0 radical (unpaired) electrons. The molecule has 0 fully saturated rings. The average molecular weight is 436 g/mol. The van der Waals surface area contributed by atoms with E-state index in [1.807, 2.05) is 32.0 Å². The van der Waals surface area contributed by atoms with Crippen molar-refractivity contribution < 1.29 is 9.18 Å². The third-order valence-corrected chi connectivity index (χ3v) is 5.48. The molecular formula is C24H26FN5O2. The van der Waals surface area contributed by atoms with Crippen LogP contribution in [0.2, 0.25) is 0 Å². The minimum absolute atomic E-state index is 0.0232. The molecule has 4 aromatic rings. The highest BCUT2D eigenvalue weighted by molar-refractivity contribution is 5.92. The Balaban J connectivity index is 1.89. The number of anilines is 1. The van der Waals surface area contributed by atoms with Gasteiger partial charge in [-0.05, 0) is 50.2 Å². The fourth-order valence-corrected chi connectivity index (χ4v) is 3.74. The summed E-state index contributed by atoms with van der Waals surface area (Å²) in [7, 11) is 1.74. The van der Waals surface area contributed by atoms with Gasteiger partial charge >= 0.3 is 5.69 Å². The number of rotatable bonds is 5. The molecule has 2 aromatic carbocycles. The van der Waals surface area contributed by atoms with Crippen LogP contribution in [-0.2, 0) is 11.8 Å². The summed E-state index contributed by atoms with van der Waals surface area (Å²) in [5.41, 5.74) is 4.28. The number of imidazole rings is 2. The summed E-state index contributed by atoms with van der Waals surface area (Å²) < 4.78 is 16.9. The summed E-state index contributed by atoms with van der Waals surface area (Å²) >= 11 is 0. The number of carbonyl (C=O) groups excluding carboxylic acids is 1. The van der Waals surface area contributed by atoms with Gasteiger partial charge in [0, 0.05) is 30.1 Å². The van der Waals surface area contributed by atoms with Crippen molar-refractivity contribution in [2.75, 3.05) is 5.32 Å². The van der Waals surface area contributed by atoms with Gasteiger partial charge in [0.05, 0.1) is 22.4 Å². The second-order valence-electron chi connectivity index (χ2n) is 8.47. The van der Waals surface area contributed by atoms with Crippen LogP contribution in [0.15, 0.2) is 47.3 Å². The number of halogens is 1. The van der Waals surface area contributed by atoms with Crippen molar-refractivity contribution in [1.29, 1.82) is 0 Å². The molecule has 0 bridgehead atoms.